The molecule has 7 nitrogen and oxygen atoms in total. The molecule has 0 bridgehead atoms. The number of hydrogen-bond acceptors (Lipinski definition) is 4. The van der Waals surface area contributed by atoms with Crippen LogP contribution >= 0.6 is 0 Å². The number of nitrogens with zero attached hydrogens (tertiary/aromatic N) is 1. The molecule has 4 N–H and O–H groups in total. The number of primary amides is 1. The van der Waals surface area contributed by atoms with Gasteiger partial charge in [0.25, 0.3) is 5.56 Å². The number of halogens is 2. The Kier molecular flexibility index (Phi) is 6.29. The Bertz CT molecular complexity index is 1140. The van der Waals surface area contributed by atoms with E-state index in [1.807, 2.05) is 6.92 Å². The molecule has 0 aliphatic rings. The van der Waals surface area contributed by atoms with E-state index in [9.17, 15) is 28.3 Å². The minimum Gasteiger partial charge on any atom is -0.507 e. The Labute approximate surface area is 158 Å². The number of hydrogen-bond donors (Lipinski definition) is 3. The molecule has 3 rings (SSSR count). The number of aromatic hydroxyl groups is 1. The SMILES string of the molecule is CC(C(N)=O)n1c(=O)[nH]c2cccc(O)c2c1=O.CCc1ccc(F)cc1F. The molecule has 1 heterocycles. The zero-order valence-corrected chi connectivity index (χ0v) is 15.2. The molecule has 28 heavy (non-hydrogen) atoms. The van der Waals surface area contributed by atoms with Crippen molar-refractivity contribution in [2.45, 2.75) is 26.3 Å². The molecule has 0 radical (unpaired) electrons. The minimum atomic E-state index is -1.09. The van der Waals surface area contributed by atoms with Gasteiger partial charge in [-0.15, -0.1) is 0 Å². The summed E-state index contributed by atoms with van der Waals surface area (Å²) in [7, 11) is 0. The van der Waals surface area contributed by atoms with Crippen LogP contribution in [0.4, 0.5) is 8.78 Å². The van der Waals surface area contributed by atoms with Crippen molar-refractivity contribution >= 4 is 16.8 Å². The van der Waals surface area contributed by atoms with Crippen molar-refractivity contribution in [3.05, 3.63) is 74.4 Å². The average Bonchev–Trinajstić information content (AvgIpc) is 2.62. The molecule has 0 saturated heterocycles. The van der Waals surface area contributed by atoms with Crippen LogP contribution in [0.15, 0.2) is 46.0 Å². The van der Waals surface area contributed by atoms with E-state index in [0.717, 1.165) is 6.07 Å². The number of benzene rings is 2. The predicted octanol–water partition coefficient (Wildman–Crippen LogP) is 1.97. The molecule has 2 aromatic carbocycles. The Hall–Kier alpha value is -3.49. The van der Waals surface area contributed by atoms with Gasteiger partial charge < -0.3 is 15.8 Å². The zero-order valence-electron chi connectivity index (χ0n) is 15.2. The van der Waals surface area contributed by atoms with Crippen LogP contribution in [-0.2, 0) is 11.2 Å². The molecule has 0 aliphatic heterocycles. The van der Waals surface area contributed by atoms with E-state index in [4.69, 9.17) is 5.73 Å². The maximum atomic E-state index is 12.6. The molecule has 1 atom stereocenters. The number of carbonyl (C=O) groups excluding carboxylic acids is 1. The highest BCUT2D eigenvalue weighted by Gasteiger charge is 2.19. The highest BCUT2D eigenvalue weighted by atomic mass is 19.1. The Balaban J connectivity index is 0.000000237. The van der Waals surface area contributed by atoms with E-state index in [0.29, 0.717) is 16.6 Å². The summed E-state index contributed by atoms with van der Waals surface area (Å²) in [5, 5.41) is 9.59. The van der Waals surface area contributed by atoms with Gasteiger partial charge in [-0.05, 0) is 37.1 Å². The third kappa shape index (κ3) is 4.25. The Morgan fingerprint density at radius 1 is 1.25 bits per heavy atom. The van der Waals surface area contributed by atoms with Gasteiger partial charge in [0.15, 0.2) is 0 Å². The fourth-order valence-electron chi connectivity index (χ4n) is 2.54. The zero-order chi connectivity index (χ0) is 21.0. The number of nitrogens with one attached hydrogen (secondary N) is 1. The van der Waals surface area contributed by atoms with Crippen LogP contribution in [0.1, 0.15) is 25.5 Å². The number of H-pyrrole nitrogens is 1. The Morgan fingerprint density at radius 2 is 1.93 bits per heavy atom. The van der Waals surface area contributed by atoms with Crippen molar-refractivity contribution < 1.29 is 18.7 Å². The molecule has 1 unspecified atom stereocenters. The van der Waals surface area contributed by atoms with Crippen LogP contribution in [0.3, 0.4) is 0 Å². The summed E-state index contributed by atoms with van der Waals surface area (Å²) in [4.78, 5) is 37.3. The van der Waals surface area contributed by atoms with Crippen molar-refractivity contribution in [1.82, 2.24) is 9.55 Å². The standard InChI is InChI=1S/C11H11N3O4.C8H8F2/c1-5(9(12)16)14-10(17)8-6(13-11(14)18)3-2-4-7(8)15;1-2-6-3-4-7(9)5-8(6)10/h2-5,15H,1H3,(H2,12,16)(H,13,18);3-5H,2H2,1H3. The van der Waals surface area contributed by atoms with Gasteiger partial charge in [-0.1, -0.05) is 19.1 Å². The van der Waals surface area contributed by atoms with Crippen LogP contribution in [0, 0.1) is 11.6 Å². The topological polar surface area (TPSA) is 118 Å². The van der Waals surface area contributed by atoms with E-state index in [-0.39, 0.29) is 16.7 Å². The first-order valence-electron chi connectivity index (χ1n) is 8.37. The molecular weight excluding hydrogens is 372 g/mol. The number of phenols is 1. The third-order valence-electron chi connectivity index (χ3n) is 4.13. The number of nitrogens with two attached hydrogens (primary N) is 1. The van der Waals surface area contributed by atoms with Crippen molar-refractivity contribution in [3.8, 4) is 5.75 Å². The van der Waals surface area contributed by atoms with Crippen LogP contribution in [0.2, 0.25) is 0 Å². The maximum absolute atomic E-state index is 12.6. The summed E-state index contributed by atoms with van der Waals surface area (Å²) in [6.45, 7) is 3.17. The highest BCUT2D eigenvalue weighted by Crippen LogP contribution is 2.18. The lowest BCUT2D eigenvalue weighted by Crippen LogP contribution is -2.41. The van der Waals surface area contributed by atoms with E-state index >= 15 is 0 Å². The minimum absolute atomic E-state index is 0.0507. The third-order valence-corrected chi connectivity index (χ3v) is 4.13. The second-order valence-corrected chi connectivity index (χ2v) is 5.97. The number of aryl methyl sites for hydroxylation is 1. The van der Waals surface area contributed by atoms with E-state index < -0.39 is 34.8 Å². The molecule has 0 fully saturated rings. The maximum Gasteiger partial charge on any atom is 0.329 e. The number of aromatic amines is 1. The van der Waals surface area contributed by atoms with Crippen molar-refractivity contribution in [2.24, 2.45) is 5.73 Å². The molecule has 1 aromatic heterocycles. The first-order valence-corrected chi connectivity index (χ1v) is 8.37. The quantitative estimate of drug-likeness (QED) is 0.632. The average molecular weight is 391 g/mol. The van der Waals surface area contributed by atoms with Gasteiger partial charge >= 0.3 is 5.69 Å². The van der Waals surface area contributed by atoms with Gasteiger partial charge in [0.05, 0.1) is 5.52 Å². The van der Waals surface area contributed by atoms with Gasteiger partial charge in [0, 0.05) is 6.07 Å². The van der Waals surface area contributed by atoms with E-state index in [1.54, 1.807) is 0 Å². The second kappa shape index (κ2) is 8.47. The monoisotopic (exact) mass is 391 g/mol. The lowest BCUT2D eigenvalue weighted by Gasteiger charge is -2.11. The van der Waals surface area contributed by atoms with Crippen LogP contribution in [0.25, 0.3) is 10.9 Å². The summed E-state index contributed by atoms with van der Waals surface area (Å²) in [5.41, 5.74) is 4.34. The number of carbonyl (C=O) groups is 1. The van der Waals surface area contributed by atoms with E-state index in [2.05, 4.69) is 4.98 Å². The van der Waals surface area contributed by atoms with Gasteiger partial charge in [0.1, 0.15) is 28.8 Å². The van der Waals surface area contributed by atoms with Crippen LogP contribution < -0.4 is 17.0 Å². The smallest absolute Gasteiger partial charge is 0.329 e. The molecule has 1 amide bonds. The molecule has 9 heteroatoms. The molecule has 0 saturated carbocycles. The number of aromatic nitrogens is 2. The number of amides is 1. The summed E-state index contributed by atoms with van der Waals surface area (Å²) >= 11 is 0. The van der Waals surface area contributed by atoms with E-state index in [1.165, 1.54) is 37.3 Å². The lowest BCUT2D eigenvalue weighted by molar-refractivity contribution is -0.120. The first kappa shape index (κ1) is 20.8. The number of fused-ring (bicyclic) bond motifs is 1. The molecular formula is C19H19F2N3O4. The van der Waals surface area contributed by atoms with Crippen molar-refractivity contribution in [3.63, 3.8) is 0 Å². The second-order valence-electron chi connectivity index (χ2n) is 5.97. The number of phenolic OH excluding ortho intramolecular Hbond substituents is 1. The van der Waals surface area contributed by atoms with Crippen molar-refractivity contribution in [1.29, 1.82) is 0 Å². The molecule has 3 aromatic rings. The van der Waals surface area contributed by atoms with Gasteiger partial charge in [-0.3, -0.25) is 9.59 Å². The Morgan fingerprint density at radius 3 is 2.50 bits per heavy atom. The largest absolute Gasteiger partial charge is 0.507 e. The number of rotatable bonds is 3. The molecule has 0 aliphatic carbocycles. The van der Waals surface area contributed by atoms with Crippen molar-refractivity contribution in [2.75, 3.05) is 0 Å². The molecule has 148 valence electrons. The van der Waals surface area contributed by atoms with Crippen LogP contribution in [0.5, 0.6) is 5.75 Å². The fourth-order valence-corrected chi connectivity index (χ4v) is 2.54. The van der Waals surface area contributed by atoms with Gasteiger partial charge in [-0.25, -0.2) is 18.1 Å². The van der Waals surface area contributed by atoms with Crippen LogP contribution in [-0.4, -0.2) is 20.6 Å². The summed E-state index contributed by atoms with van der Waals surface area (Å²) in [6, 6.07) is 6.84. The predicted molar refractivity (Wildman–Crippen MR) is 100 cm³/mol. The first-order chi connectivity index (χ1) is 13.2. The lowest BCUT2D eigenvalue weighted by atomic mass is 10.1. The normalized spacial score (nSPS) is 11.6. The van der Waals surface area contributed by atoms with Gasteiger partial charge in [-0.2, -0.15) is 0 Å². The fraction of sp³-hybridized carbons (Fsp3) is 0.211. The molecule has 0 spiro atoms. The highest BCUT2D eigenvalue weighted by molar-refractivity contribution is 5.84. The summed E-state index contributed by atoms with van der Waals surface area (Å²) < 4.78 is 25.5. The summed E-state index contributed by atoms with van der Waals surface area (Å²) in [6.07, 6.45) is 0.603. The summed E-state index contributed by atoms with van der Waals surface area (Å²) in [5.74, 6) is -2.05. The van der Waals surface area contributed by atoms with Gasteiger partial charge in [0.2, 0.25) is 5.91 Å².